The van der Waals surface area contributed by atoms with Gasteiger partial charge in [0.2, 0.25) is 0 Å². The van der Waals surface area contributed by atoms with Crippen molar-refractivity contribution in [3.63, 3.8) is 0 Å². The minimum atomic E-state index is 0.237. The van der Waals surface area contributed by atoms with Crippen molar-refractivity contribution in [2.75, 3.05) is 13.2 Å². The van der Waals surface area contributed by atoms with Crippen molar-refractivity contribution < 1.29 is 4.74 Å². The molecule has 4 nitrogen and oxygen atoms in total. The van der Waals surface area contributed by atoms with Gasteiger partial charge in [0.25, 0.3) is 0 Å². The number of hydrogen-bond acceptors (Lipinski definition) is 3. The molecule has 20 heavy (non-hydrogen) atoms. The maximum absolute atomic E-state index is 6.04. The van der Waals surface area contributed by atoms with Crippen LogP contribution < -0.4 is 10.7 Å². The van der Waals surface area contributed by atoms with Gasteiger partial charge in [0.1, 0.15) is 0 Å². The van der Waals surface area contributed by atoms with Crippen molar-refractivity contribution in [2.45, 2.75) is 18.9 Å². The summed E-state index contributed by atoms with van der Waals surface area (Å²) in [5.41, 5.74) is 3.46. The Balaban J connectivity index is 1.77. The van der Waals surface area contributed by atoms with E-state index < -0.39 is 0 Å². The number of nitrogens with one attached hydrogen (secondary N) is 2. The van der Waals surface area contributed by atoms with Crippen LogP contribution in [0, 0.1) is 0 Å². The second-order valence-corrected chi connectivity index (χ2v) is 5.55. The van der Waals surface area contributed by atoms with Gasteiger partial charge in [-0.15, -0.1) is 0 Å². The molecule has 1 atom stereocenters. The first-order valence-electron chi connectivity index (χ1n) is 6.29. The molecule has 1 fully saturated rings. The van der Waals surface area contributed by atoms with Crippen LogP contribution in [0.15, 0.2) is 23.3 Å². The highest BCUT2D eigenvalue weighted by molar-refractivity contribution is 7.80. The average molecular weight is 332 g/mol. The molecular formula is C13H15Cl2N3OS. The van der Waals surface area contributed by atoms with Crippen molar-refractivity contribution in [1.29, 1.82) is 0 Å². The van der Waals surface area contributed by atoms with E-state index in [1.165, 1.54) is 0 Å². The SMILES string of the molecule is S=C(NC[C@H]1CCCO1)N/N=C\c1cccc(Cl)c1Cl. The third-order valence-corrected chi connectivity index (χ3v) is 3.93. The van der Waals surface area contributed by atoms with Crippen molar-refractivity contribution in [3.05, 3.63) is 33.8 Å². The highest BCUT2D eigenvalue weighted by Crippen LogP contribution is 2.24. The van der Waals surface area contributed by atoms with Crippen LogP contribution in [0.4, 0.5) is 0 Å². The number of benzene rings is 1. The molecular weight excluding hydrogens is 317 g/mol. The molecule has 0 saturated carbocycles. The molecule has 1 heterocycles. The van der Waals surface area contributed by atoms with E-state index in [1.807, 2.05) is 12.1 Å². The molecule has 2 N–H and O–H groups in total. The predicted octanol–water partition coefficient (Wildman–Crippen LogP) is 2.97. The van der Waals surface area contributed by atoms with Gasteiger partial charge in [-0.05, 0) is 31.1 Å². The Morgan fingerprint density at radius 3 is 3.10 bits per heavy atom. The average Bonchev–Trinajstić information content (AvgIpc) is 2.94. The van der Waals surface area contributed by atoms with E-state index in [2.05, 4.69) is 15.8 Å². The summed E-state index contributed by atoms with van der Waals surface area (Å²) in [4.78, 5) is 0. The van der Waals surface area contributed by atoms with Gasteiger partial charge >= 0.3 is 0 Å². The summed E-state index contributed by atoms with van der Waals surface area (Å²) in [7, 11) is 0. The minimum absolute atomic E-state index is 0.237. The zero-order valence-electron chi connectivity index (χ0n) is 10.7. The summed E-state index contributed by atoms with van der Waals surface area (Å²) < 4.78 is 5.49. The maximum atomic E-state index is 6.04. The first kappa shape index (κ1) is 15.5. The molecule has 1 aliphatic heterocycles. The smallest absolute Gasteiger partial charge is 0.187 e. The Hall–Kier alpha value is -0.880. The van der Waals surface area contributed by atoms with Crippen LogP contribution in [0.2, 0.25) is 10.0 Å². The molecule has 1 saturated heterocycles. The Bertz CT molecular complexity index is 504. The van der Waals surface area contributed by atoms with Gasteiger partial charge in [0.15, 0.2) is 5.11 Å². The molecule has 1 aromatic carbocycles. The van der Waals surface area contributed by atoms with Gasteiger partial charge in [-0.2, -0.15) is 5.10 Å². The highest BCUT2D eigenvalue weighted by Gasteiger charge is 2.14. The summed E-state index contributed by atoms with van der Waals surface area (Å²) in [6.07, 6.45) is 3.99. The van der Waals surface area contributed by atoms with E-state index in [9.17, 15) is 0 Å². The molecule has 7 heteroatoms. The lowest BCUT2D eigenvalue weighted by molar-refractivity contribution is 0.114. The minimum Gasteiger partial charge on any atom is -0.376 e. The number of hydrogen-bond donors (Lipinski definition) is 2. The summed E-state index contributed by atoms with van der Waals surface area (Å²) >= 11 is 17.1. The van der Waals surface area contributed by atoms with Crippen molar-refractivity contribution in [1.82, 2.24) is 10.7 Å². The number of hydrazone groups is 1. The third kappa shape index (κ3) is 4.59. The van der Waals surface area contributed by atoms with Crippen molar-refractivity contribution in [2.24, 2.45) is 5.10 Å². The quantitative estimate of drug-likeness (QED) is 0.506. The van der Waals surface area contributed by atoms with Crippen molar-refractivity contribution >= 4 is 46.7 Å². The Morgan fingerprint density at radius 2 is 2.35 bits per heavy atom. The Kier molecular flexibility index (Phi) is 6.04. The van der Waals surface area contributed by atoms with E-state index in [0.29, 0.717) is 21.7 Å². The van der Waals surface area contributed by atoms with Gasteiger partial charge < -0.3 is 10.1 Å². The van der Waals surface area contributed by atoms with Gasteiger partial charge in [-0.3, -0.25) is 5.43 Å². The van der Waals surface area contributed by atoms with Crippen LogP contribution in [0.25, 0.3) is 0 Å². The number of rotatable bonds is 4. The number of thiocarbonyl (C=S) groups is 1. The standard InChI is InChI=1S/C13H15Cl2N3OS/c14-11-5-1-3-9(12(11)15)7-17-18-13(20)16-8-10-4-2-6-19-10/h1,3,5,7,10H,2,4,6,8H2,(H2,16,18,20)/b17-7-/t10-/m1/s1. The Labute approximate surface area is 133 Å². The molecule has 0 unspecified atom stereocenters. The number of halogens is 2. The fraction of sp³-hybridized carbons (Fsp3) is 0.385. The van der Waals surface area contributed by atoms with Gasteiger partial charge in [-0.25, -0.2) is 0 Å². The van der Waals surface area contributed by atoms with E-state index in [1.54, 1.807) is 12.3 Å². The fourth-order valence-electron chi connectivity index (χ4n) is 1.83. The lowest BCUT2D eigenvalue weighted by Crippen LogP contribution is -2.37. The summed E-state index contributed by atoms with van der Waals surface area (Å²) in [5, 5.41) is 8.50. The van der Waals surface area contributed by atoms with Crippen LogP contribution in [0.1, 0.15) is 18.4 Å². The van der Waals surface area contributed by atoms with Crippen molar-refractivity contribution in [3.8, 4) is 0 Å². The molecule has 108 valence electrons. The largest absolute Gasteiger partial charge is 0.376 e. The van der Waals surface area contributed by atoms with E-state index in [4.69, 9.17) is 40.2 Å². The van der Waals surface area contributed by atoms with Crippen LogP contribution in [0.3, 0.4) is 0 Å². The van der Waals surface area contributed by atoms with Crippen LogP contribution in [-0.2, 0) is 4.74 Å². The van der Waals surface area contributed by atoms with E-state index in [-0.39, 0.29) is 6.10 Å². The first-order chi connectivity index (χ1) is 9.66. The van der Waals surface area contributed by atoms with Crippen LogP contribution >= 0.6 is 35.4 Å². The topological polar surface area (TPSA) is 45.6 Å². The van der Waals surface area contributed by atoms with Gasteiger partial charge in [-0.1, -0.05) is 35.3 Å². The molecule has 0 radical (unpaired) electrons. The second kappa shape index (κ2) is 7.78. The Morgan fingerprint density at radius 1 is 1.50 bits per heavy atom. The molecule has 0 bridgehead atoms. The summed E-state index contributed by atoms with van der Waals surface area (Å²) in [6, 6.07) is 5.36. The summed E-state index contributed by atoms with van der Waals surface area (Å²) in [6.45, 7) is 1.53. The number of ether oxygens (including phenoxy) is 1. The first-order valence-corrected chi connectivity index (χ1v) is 7.46. The van der Waals surface area contributed by atoms with Crippen LogP contribution in [0.5, 0.6) is 0 Å². The van der Waals surface area contributed by atoms with Gasteiger partial charge in [0, 0.05) is 18.7 Å². The molecule has 0 aromatic heterocycles. The molecule has 0 spiro atoms. The molecule has 1 aromatic rings. The maximum Gasteiger partial charge on any atom is 0.187 e. The predicted molar refractivity (Wildman–Crippen MR) is 86.8 cm³/mol. The number of nitrogens with zero attached hydrogens (tertiary/aromatic N) is 1. The molecule has 2 rings (SSSR count). The van der Waals surface area contributed by atoms with E-state index in [0.717, 1.165) is 25.0 Å². The third-order valence-electron chi connectivity index (χ3n) is 2.87. The molecule has 1 aliphatic rings. The highest BCUT2D eigenvalue weighted by atomic mass is 35.5. The molecule has 0 aliphatic carbocycles. The zero-order chi connectivity index (χ0) is 14.4. The fourth-order valence-corrected chi connectivity index (χ4v) is 2.32. The molecule has 0 amide bonds. The van der Waals surface area contributed by atoms with Gasteiger partial charge in [0.05, 0.1) is 22.4 Å². The van der Waals surface area contributed by atoms with E-state index >= 15 is 0 Å². The monoisotopic (exact) mass is 331 g/mol. The summed E-state index contributed by atoms with van der Waals surface area (Å²) in [5.74, 6) is 0. The lowest BCUT2D eigenvalue weighted by atomic mass is 10.2. The second-order valence-electron chi connectivity index (χ2n) is 4.36. The van der Waals surface area contributed by atoms with Crippen LogP contribution in [-0.4, -0.2) is 30.6 Å². The normalized spacial score (nSPS) is 18.4. The zero-order valence-corrected chi connectivity index (χ0v) is 13.1. The lowest BCUT2D eigenvalue weighted by Gasteiger charge is -2.11.